The van der Waals surface area contributed by atoms with Crippen LogP contribution >= 0.6 is 0 Å². The minimum absolute atomic E-state index is 0.105. The zero-order valence-corrected chi connectivity index (χ0v) is 23.9. The maximum absolute atomic E-state index is 13.1. The molecule has 0 bridgehead atoms. The zero-order chi connectivity index (χ0) is 25.2. The van der Waals surface area contributed by atoms with Crippen molar-refractivity contribution in [2.45, 2.75) is 25.7 Å². The molecule has 0 unspecified atom stereocenters. The van der Waals surface area contributed by atoms with Crippen LogP contribution in [-0.2, 0) is 16.1 Å². The van der Waals surface area contributed by atoms with E-state index in [1.807, 2.05) is 35.2 Å². The van der Waals surface area contributed by atoms with Crippen molar-refractivity contribution in [3.05, 3.63) is 137 Å². The van der Waals surface area contributed by atoms with Crippen LogP contribution in [0.25, 0.3) is 0 Å². The van der Waals surface area contributed by atoms with Gasteiger partial charge in [0.15, 0.2) is 0 Å². The van der Waals surface area contributed by atoms with Crippen LogP contribution in [0, 0.1) is 5.92 Å². The summed E-state index contributed by atoms with van der Waals surface area (Å²) in [6, 6.07) is 43.3. The Morgan fingerprint density at radius 3 is 1.70 bits per heavy atom. The minimum atomic E-state index is -3.57. The second-order valence-electron chi connectivity index (χ2n) is 10.1. The van der Waals surface area contributed by atoms with Gasteiger partial charge < -0.3 is 0 Å². The Kier molecular flexibility index (Phi) is 6.74. The molecule has 0 radical (unpaired) electrons. The first kappa shape index (κ1) is 24.2. The van der Waals surface area contributed by atoms with Gasteiger partial charge in [0.2, 0.25) is 0 Å². The van der Waals surface area contributed by atoms with Crippen molar-refractivity contribution in [3.8, 4) is 0 Å². The summed E-state index contributed by atoms with van der Waals surface area (Å²) >= 11 is -3.57. The summed E-state index contributed by atoms with van der Waals surface area (Å²) < 4.78 is 13.1. The summed E-state index contributed by atoms with van der Waals surface area (Å²) in [5.74, 6) is 0.377. The van der Waals surface area contributed by atoms with Crippen molar-refractivity contribution in [2.24, 2.45) is 5.92 Å². The Bertz CT molecular complexity index is 1290. The molecule has 0 spiro atoms. The molecule has 37 heavy (non-hydrogen) atoms. The summed E-state index contributed by atoms with van der Waals surface area (Å²) in [6.07, 6.45) is -0.365. The van der Waals surface area contributed by atoms with E-state index in [9.17, 15) is 4.79 Å². The number of rotatable bonds is 7. The number of nitrogens with zero attached hydrogens (tertiary/aromatic N) is 1. The normalized spacial score (nSPS) is 22.1. The molecule has 0 aromatic heterocycles. The van der Waals surface area contributed by atoms with E-state index in [-0.39, 0.29) is 24.0 Å². The van der Waals surface area contributed by atoms with Gasteiger partial charge >= 0.3 is 224 Å². The van der Waals surface area contributed by atoms with Crippen molar-refractivity contribution in [3.63, 3.8) is 0 Å². The maximum atomic E-state index is 13.1. The van der Waals surface area contributed by atoms with Gasteiger partial charge in [-0.3, -0.25) is 0 Å². The first-order valence-corrected chi connectivity index (χ1v) is 19.0. The van der Waals surface area contributed by atoms with Crippen LogP contribution in [0.4, 0.5) is 0 Å². The molecule has 3 nitrogen and oxygen atoms in total. The van der Waals surface area contributed by atoms with Gasteiger partial charge in [-0.1, -0.05) is 0 Å². The standard InChI is InChI=1S/C15H16NO2.3C6H5.Sn/c1-10-8-16-13(11(10)2)14(15(16)17)18-9-12-6-4-3-5-7-12;3*1-2-4-6-5-3-1;/h1,3-7,11,13-14H,8-9H2,2H3;3*1-5H;/t11-,13-,14+;;;;/m0..../s1. The van der Waals surface area contributed by atoms with Gasteiger partial charge in [-0.15, -0.1) is 0 Å². The fourth-order valence-corrected chi connectivity index (χ4v) is 19.1. The Morgan fingerprint density at radius 2 is 1.22 bits per heavy atom. The average molecular weight is 592 g/mol. The molecule has 184 valence electrons. The molecule has 2 aliphatic rings. The second kappa shape index (κ2) is 10.3. The quantitative estimate of drug-likeness (QED) is 0.240. The number of β-lactam (4-membered cyclic amide) rings is 1. The molecule has 6 rings (SSSR count). The second-order valence-corrected chi connectivity index (χ2v) is 20.5. The molecule has 1 amide bonds. The molecule has 0 saturated carbocycles. The first-order chi connectivity index (χ1) is 18.2. The van der Waals surface area contributed by atoms with Crippen molar-refractivity contribution < 1.29 is 9.53 Å². The van der Waals surface area contributed by atoms with Crippen LogP contribution in [-0.4, -0.2) is 47.9 Å². The molecule has 3 atom stereocenters. The molecule has 2 fully saturated rings. The van der Waals surface area contributed by atoms with Crippen LogP contribution in [0.15, 0.2) is 131 Å². The first-order valence-electron chi connectivity index (χ1n) is 13.0. The number of carbonyl (C=O) groups is 1. The number of benzene rings is 4. The molecule has 4 aromatic carbocycles. The number of carbonyl (C=O) groups excluding carboxylic acids is 1. The third kappa shape index (κ3) is 4.34. The monoisotopic (exact) mass is 593 g/mol. The van der Waals surface area contributed by atoms with Gasteiger partial charge in [0, 0.05) is 0 Å². The molecule has 4 heteroatoms. The van der Waals surface area contributed by atoms with E-state index >= 15 is 0 Å². The third-order valence-electron chi connectivity index (χ3n) is 8.01. The average Bonchev–Trinajstić information content (AvgIpc) is 3.25. The van der Waals surface area contributed by atoms with Gasteiger partial charge in [-0.2, -0.15) is 0 Å². The molecule has 4 aromatic rings. The molecule has 2 saturated heterocycles. The van der Waals surface area contributed by atoms with E-state index in [1.165, 1.54) is 16.3 Å². The van der Waals surface area contributed by atoms with E-state index < -0.39 is 18.4 Å². The van der Waals surface area contributed by atoms with Crippen molar-refractivity contribution >= 4 is 35.0 Å². The van der Waals surface area contributed by atoms with Crippen LogP contribution < -0.4 is 10.7 Å². The Morgan fingerprint density at radius 1 is 0.757 bits per heavy atom. The van der Waals surface area contributed by atoms with Gasteiger partial charge in [0.25, 0.3) is 0 Å². The SMILES string of the molecule is C[C@H]1/C(=[CH]/[Sn]([c]2ccccc2)([c]2ccccc2)[c]2ccccc2)CN2C(=O)[C@H](OCc3ccccc3)[C@H]12. The Labute approximate surface area is 223 Å². The number of fused-ring (bicyclic) bond motifs is 1. The summed E-state index contributed by atoms with van der Waals surface area (Å²) in [4.78, 5) is 15.2. The molecule has 0 aliphatic carbocycles. The van der Waals surface area contributed by atoms with E-state index in [2.05, 4.69) is 102 Å². The van der Waals surface area contributed by atoms with Crippen molar-refractivity contribution in [1.82, 2.24) is 4.90 Å². The predicted octanol–water partition coefficient (Wildman–Crippen LogP) is 4.07. The number of ether oxygens (including phenoxy) is 1. The molecular formula is C33H31NO2Sn. The summed E-state index contributed by atoms with van der Waals surface area (Å²) in [7, 11) is 0. The molecular weight excluding hydrogens is 561 g/mol. The summed E-state index contributed by atoms with van der Waals surface area (Å²) in [5, 5.41) is 0. The van der Waals surface area contributed by atoms with Gasteiger partial charge in [0.05, 0.1) is 0 Å². The number of hydrogen-bond acceptors (Lipinski definition) is 2. The number of amides is 1. The molecule has 0 N–H and O–H groups in total. The van der Waals surface area contributed by atoms with Crippen molar-refractivity contribution in [1.29, 1.82) is 0 Å². The van der Waals surface area contributed by atoms with E-state index in [0.29, 0.717) is 13.2 Å². The predicted molar refractivity (Wildman–Crippen MR) is 152 cm³/mol. The molecule has 2 aliphatic heterocycles. The van der Waals surface area contributed by atoms with Gasteiger partial charge in [-0.05, 0) is 0 Å². The molecule has 2 heterocycles. The van der Waals surface area contributed by atoms with E-state index in [0.717, 1.165) is 5.56 Å². The van der Waals surface area contributed by atoms with Gasteiger partial charge in [-0.25, -0.2) is 0 Å². The van der Waals surface area contributed by atoms with Crippen LogP contribution in [0.5, 0.6) is 0 Å². The Balaban J connectivity index is 1.40. The van der Waals surface area contributed by atoms with Crippen LogP contribution in [0.3, 0.4) is 0 Å². The Hall–Kier alpha value is -3.15. The van der Waals surface area contributed by atoms with Crippen LogP contribution in [0.2, 0.25) is 0 Å². The summed E-state index contributed by atoms with van der Waals surface area (Å²) in [5.41, 5.74) is 2.47. The topological polar surface area (TPSA) is 29.5 Å². The van der Waals surface area contributed by atoms with E-state index in [4.69, 9.17) is 4.74 Å². The van der Waals surface area contributed by atoms with Gasteiger partial charge in [0.1, 0.15) is 0 Å². The van der Waals surface area contributed by atoms with E-state index in [1.54, 1.807) is 0 Å². The van der Waals surface area contributed by atoms with Crippen LogP contribution in [0.1, 0.15) is 12.5 Å². The van der Waals surface area contributed by atoms with Crippen molar-refractivity contribution in [2.75, 3.05) is 6.54 Å². The fourth-order valence-electron chi connectivity index (χ4n) is 6.05. The zero-order valence-electron chi connectivity index (χ0n) is 21.0. The summed E-state index contributed by atoms with van der Waals surface area (Å²) in [6.45, 7) is 3.44. The number of hydrogen-bond donors (Lipinski definition) is 0. The third-order valence-corrected chi connectivity index (χ3v) is 21.0. The fraction of sp³-hybridized carbons (Fsp3) is 0.182.